The first-order valence-corrected chi connectivity index (χ1v) is 9.01. The Hall–Kier alpha value is -3.09. The van der Waals surface area contributed by atoms with Crippen LogP contribution in [0, 0.1) is 22.9 Å². The normalized spacial score (nSPS) is 19.3. The first kappa shape index (κ1) is 23.6. The molecule has 2 atom stereocenters. The Morgan fingerprint density at radius 1 is 1.16 bits per heavy atom. The fourth-order valence-corrected chi connectivity index (χ4v) is 3.20. The van der Waals surface area contributed by atoms with Crippen LogP contribution in [-0.2, 0) is 10.9 Å². The maximum atomic E-state index is 13.9. The quantitative estimate of drug-likeness (QED) is 0.342. The van der Waals surface area contributed by atoms with Gasteiger partial charge in [-0.1, -0.05) is 6.07 Å². The van der Waals surface area contributed by atoms with Crippen molar-refractivity contribution < 1.29 is 45.1 Å². The number of nitro groups is 1. The molecule has 174 valence electrons. The van der Waals surface area contributed by atoms with Crippen molar-refractivity contribution in [2.24, 2.45) is 0 Å². The number of hydrogen-bond donors (Lipinski definition) is 0. The van der Waals surface area contributed by atoms with Crippen molar-refractivity contribution in [3.05, 3.63) is 63.5 Å². The van der Waals surface area contributed by atoms with Crippen molar-refractivity contribution in [3.63, 3.8) is 0 Å². The van der Waals surface area contributed by atoms with E-state index in [2.05, 4.69) is 0 Å². The summed E-state index contributed by atoms with van der Waals surface area (Å²) in [5, 5.41) is 10.6. The third-order valence-corrected chi connectivity index (χ3v) is 4.69. The van der Waals surface area contributed by atoms with E-state index in [1.807, 2.05) is 0 Å². The summed E-state index contributed by atoms with van der Waals surface area (Å²) in [5.41, 5.74) is -2.13. The molecular weight excluding hydrogens is 453 g/mol. The van der Waals surface area contributed by atoms with Crippen LogP contribution in [0.4, 0.5) is 42.1 Å². The average Bonchev–Trinajstić information content (AvgIpc) is 3.11. The van der Waals surface area contributed by atoms with Crippen molar-refractivity contribution in [1.82, 2.24) is 0 Å². The molecule has 0 radical (unpaired) electrons. The van der Waals surface area contributed by atoms with Crippen molar-refractivity contribution in [2.75, 3.05) is 18.1 Å². The van der Waals surface area contributed by atoms with E-state index in [1.165, 1.54) is 6.92 Å². The Kier molecular flexibility index (Phi) is 6.22. The zero-order chi connectivity index (χ0) is 23.8. The molecule has 6 nitrogen and oxygen atoms in total. The van der Waals surface area contributed by atoms with Crippen LogP contribution in [0.5, 0.6) is 5.75 Å². The van der Waals surface area contributed by atoms with Crippen LogP contribution in [0.2, 0.25) is 0 Å². The number of nitro benzene ring substituents is 1. The molecule has 0 bridgehead atoms. The predicted molar refractivity (Wildman–Crippen MR) is 96.8 cm³/mol. The number of halogens is 7. The van der Waals surface area contributed by atoms with Crippen LogP contribution in [0.15, 0.2) is 36.4 Å². The average molecular weight is 468 g/mol. The van der Waals surface area contributed by atoms with Crippen molar-refractivity contribution in [2.45, 2.75) is 31.6 Å². The van der Waals surface area contributed by atoms with E-state index < -0.39 is 65.6 Å². The molecule has 13 heteroatoms. The number of hydrogen-bond acceptors (Lipinski definition) is 5. The molecule has 3 rings (SSSR count). The summed E-state index contributed by atoms with van der Waals surface area (Å²) in [6.45, 7) is 0.124. The number of alkyl halides is 6. The van der Waals surface area contributed by atoms with Gasteiger partial charge < -0.3 is 14.4 Å². The molecule has 32 heavy (non-hydrogen) atoms. The lowest BCUT2D eigenvalue weighted by molar-refractivity contribution is -0.385. The second kappa shape index (κ2) is 8.45. The largest absolute Gasteiger partial charge is 0.488 e. The Morgan fingerprint density at radius 3 is 2.41 bits per heavy atom. The van der Waals surface area contributed by atoms with E-state index >= 15 is 0 Å². The SMILES string of the molecule is Cc1ccc(N2C[C@@H](COc3ccc([N+](=O)[O-])cc3F)O[C@@H]2C(F)(F)F)cc1C(F)(F)F. The van der Waals surface area contributed by atoms with Crippen LogP contribution in [0.25, 0.3) is 0 Å². The standard InChI is InChI=1S/C19H15F7N2O4/c1-10-2-3-11(6-14(10)18(21,22)23)27-8-13(32-17(27)19(24,25)26)9-31-16-5-4-12(28(29)30)7-15(16)20/h2-7,13,17H,8-9H2,1H3/t13-,17+/m0/s1. The molecule has 2 aromatic rings. The number of rotatable bonds is 5. The number of non-ortho nitro benzene ring substituents is 1. The third kappa shape index (κ3) is 5.03. The summed E-state index contributed by atoms with van der Waals surface area (Å²) < 4.78 is 104. The molecule has 1 heterocycles. The van der Waals surface area contributed by atoms with E-state index in [4.69, 9.17) is 9.47 Å². The molecule has 0 amide bonds. The van der Waals surface area contributed by atoms with Crippen LogP contribution < -0.4 is 9.64 Å². The summed E-state index contributed by atoms with van der Waals surface area (Å²) in [6.07, 6.45) is -13.5. The van der Waals surface area contributed by atoms with Gasteiger partial charge in [-0.25, -0.2) is 4.39 Å². The molecular formula is C19H15F7N2O4. The minimum atomic E-state index is -4.93. The van der Waals surface area contributed by atoms with E-state index in [0.29, 0.717) is 17.0 Å². The molecule has 0 unspecified atom stereocenters. The third-order valence-electron chi connectivity index (χ3n) is 4.69. The second-order valence-corrected chi connectivity index (χ2v) is 6.98. The monoisotopic (exact) mass is 468 g/mol. The van der Waals surface area contributed by atoms with Crippen LogP contribution >= 0.6 is 0 Å². The fraction of sp³-hybridized carbons (Fsp3) is 0.368. The molecule has 0 aliphatic carbocycles. The highest BCUT2D eigenvalue weighted by Crippen LogP contribution is 2.39. The van der Waals surface area contributed by atoms with Crippen LogP contribution in [0.1, 0.15) is 11.1 Å². The maximum absolute atomic E-state index is 13.9. The van der Waals surface area contributed by atoms with Gasteiger partial charge in [-0.3, -0.25) is 10.1 Å². The Morgan fingerprint density at radius 2 is 1.84 bits per heavy atom. The van der Waals surface area contributed by atoms with Crippen molar-refractivity contribution in [1.29, 1.82) is 0 Å². The lowest BCUT2D eigenvalue weighted by Crippen LogP contribution is -2.42. The van der Waals surface area contributed by atoms with Gasteiger partial charge in [0, 0.05) is 11.8 Å². The van der Waals surface area contributed by atoms with E-state index in [-0.39, 0.29) is 11.3 Å². The van der Waals surface area contributed by atoms with E-state index in [9.17, 15) is 40.8 Å². The van der Waals surface area contributed by atoms with Crippen LogP contribution in [-0.4, -0.2) is 36.6 Å². The van der Waals surface area contributed by atoms with Gasteiger partial charge >= 0.3 is 12.4 Å². The number of benzene rings is 2. The van der Waals surface area contributed by atoms with Gasteiger partial charge in [-0.05, 0) is 30.7 Å². The minimum Gasteiger partial charge on any atom is -0.488 e. The molecule has 0 N–H and O–H groups in total. The molecule has 1 saturated heterocycles. The number of aryl methyl sites for hydroxylation is 1. The fourth-order valence-electron chi connectivity index (χ4n) is 3.20. The van der Waals surface area contributed by atoms with Crippen LogP contribution in [0.3, 0.4) is 0 Å². The summed E-state index contributed by atoms with van der Waals surface area (Å²) in [6, 6.07) is 5.26. The first-order chi connectivity index (χ1) is 14.8. The molecule has 0 spiro atoms. The van der Waals surface area contributed by atoms with Gasteiger partial charge in [0.1, 0.15) is 12.7 Å². The highest BCUT2D eigenvalue weighted by Gasteiger charge is 2.51. The summed E-state index contributed by atoms with van der Waals surface area (Å²) in [4.78, 5) is 10.4. The summed E-state index contributed by atoms with van der Waals surface area (Å²) >= 11 is 0. The van der Waals surface area contributed by atoms with Crippen molar-refractivity contribution >= 4 is 11.4 Å². The lowest BCUT2D eigenvalue weighted by atomic mass is 10.1. The smallest absolute Gasteiger partial charge is 0.433 e. The highest BCUT2D eigenvalue weighted by molar-refractivity contribution is 5.53. The van der Waals surface area contributed by atoms with Crippen molar-refractivity contribution in [3.8, 4) is 5.75 Å². The number of anilines is 1. The van der Waals surface area contributed by atoms with E-state index in [0.717, 1.165) is 24.3 Å². The first-order valence-electron chi connectivity index (χ1n) is 9.01. The molecule has 0 aromatic heterocycles. The summed E-state index contributed by atoms with van der Waals surface area (Å²) in [7, 11) is 0. The molecule has 1 aliphatic heterocycles. The molecule has 0 saturated carbocycles. The molecule has 1 aliphatic rings. The van der Waals surface area contributed by atoms with Gasteiger partial charge in [-0.2, -0.15) is 26.3 Å². The molecule has 2 aromatic carbocycles. The number of nitrogens with zero attached hydrogens (tertiary/aromatic N) is 2. The number of ether oxygens (including phenoxy) is 2. The Bertz CT molecular complexity index is 1010. The van der Waals surface area contributed by atoms with Gasteiger partial charge in [0.2, 0.25) is 6.23 Å². The predicted octanol–water partition coefficient (Wildman–Crippen LogP) is 5.23. The molecule has 1 fully saturated rings. The van der Waals surface area contributed by atoms with Gasteiger partial charge in [0.25, 0.3) is 5.69 Å². The van der Waals surface area contributed by atoms with Gasteiger partial charge in [0.05, 0.1) is 23.1 Å². The highest BCUT2D eigenvalue weighted by atomic mass is 19.4. The second-order valence-electron chi connectivity index (χ2n) is 6.98. The topological polar surface area (TPSA) is 64.8 Å². The Balaban J connectivity index is 1.80. The van der Waals surface area contributed by atoms with Gasteiger partial charge in [-0.15, -0.1) is 0 Å². The zero-order valence-electron chi connectivity index (χ0n) is 16.2. The minimum absolute atomic E-state index is 0.154. The lowest BCUT2D eigenvalue weighted by Gasteiger charge is -2.27. The zero-order valence-corrected chi connectivity index (χ0v) is 16.2. The summed E-state index contributed by atoms with van der Waals surface area (Å²) in [5.74, 6) is -1.55. The van der Waals surface area contributed by atoms with Gasteiger partial charge in [0.15, 0.2) is 11.6 Å². The maximum Gasteiger partial charge on any atom is 0.433 e. The van der Waals surface area contributed by atoms with E-state index in [1.54, 1.807) is 0 Å². The Labute approximate surface area is 176 Å².